The fraction of sp³-hybridized carbons (Fsp3) is 0.364. The highest BCUT2D eigenvalue weighted by Crippen LogP contribution is 2.34. The van der Waals surface area contributed by atoms with Crippen molar-refractivity contribution >= 4 is 22.6 Å². The van der Waals surface area contributed by atoms with E-state index in [1.807, 2.05) is 13.0 Å². The summed E-state index contributed by atoms with van der Waals surface area (Å²) >= 11 is 0. The van der Waals surface area contributed by atoms with Gasteiger partial charge in [0, 0.05) is 37.0 Å². The third-order valence-corrected chi connectivity index (χ3v) is 5.77. The normalized spacial score (nSPS) is 16.9. The lowest BCUT2D eigenvalue weighted by Gasteiger charge is -2.33. The number of anilines is 1. The van der Waals surface area contributed by atoms with Gasteiger partial charge in [-0.25, -0.2) is 9.37 Å². The molecule has 8 heteroatoms. The number of nitrogens with zero attached hydrogens (tertiary/aromatic N) is 3. The van der Waals surface area contributed by atoms with Gasteiger partial charge < -0.3 is 19.4 Å². The zero-order valence-corrected chi connectivity index (χ0v) is 16.7. The largest absolute Gasteiger partial charge is 0.454 e. The standard InChI is InChI=1S/C22H23FN4O3/c1-14-24-18-10-15(23)2-4-19(18)27(14)17-6-8-26(9-7-17)12-22(28)25-16-3-5-20-21(11-16)30-13-29-20/h2-5,10-11,17H,6-9,12-13H2,1H3,(H,25,28). The molecule has 3 heterocycles. The number of hydrogen-bond donors (Lipinski definition) is 1. The number of aromatic nitrogens is 2. The molecular formula is C22H23FN4O3. The highest BCUT2D eigenvalue weighted by Gasteiger charge is 2.25. The number of likely N-dealkylation sites (tertiary alicyclic amines) is 1. The summed E-state index contributed by atoms with van der Waals surface area (Å²) in [6.07, 6.45) is 1.84. The van der Waals surface area contributed by atoms with Crippen molar-refractivity contribution in [2.24, 2.45) is 0 Å². The first-order chi connectivity index (χ1) is 14.6. The minimum Gasteiger partial charge on any atom is -0.454 e. The van der Waals surface area contributed by atoms with Crippen molar-refractivity contribution in [3.05, 3.63) is 48.0 Å². The van der Waals surface area contributed by atoms with Crippen LogP contribution in [0, 0.1) is 12.7 Å². The Hall–Kier alpha value is -3.13. The maximum atomic E-state index is 13.5. The molecular weight excluding hydrogens is 387 g/mol. The summed E-state index contributed by atoms with van der Waals surface area (Å²) in [4.78, 5) is 19.2. The van der Waals surface area contributed by atoms with Crippen molar-refractivity contribution in [1.29, 1.82) is 0 Å². The van der Waals surface area contributed by atoms with Gasteiger partial charge in [-0.15, -0.1) is 0 Å². The fourth-order valence-corrected chi connectivity index (χ4v) is 4.37. The van der Waals surface area contributed by atoms with Crippen LogP contribution >= 0.6 is 0 Å². The van der Waals surface area contributed by atoms with Crippen LogP contribution in [-0.2, 0) is 4.79 Å². The van der Waals surface area contributed by atoms with Gasteiger partial charge in [0.1, 0.15) is 11.6 Å². The molecule has 7 nitrogen and oxygen atoms in total. The Labute approximate surface area is 173 Å². The molecule has 30 heavy (non-hydrogen) atoms. The predicted octanol–water partition coefficient (Wildman–Crippen LogP) is 3.49. The summed E-state index contributed by atoms with van der Waals surface area (Å²) in [5, 5.41) is 2.93. The quantitative estimate of drug-likeness (QED) is 0.713. The number of benzene rings is 2. The molecule has 0 saturated carbocycles. The lowest BCUT2D eigenvalue weighted by atomic mass is 10.0. The third kappa shape index (κ3) is 3.59. The Kier molecular flexibility index (Phi) is 4.78. The highest BCUT2D eigenvalue weighted by molar-refractivity contribution is 5.92. The van der Waals surface area contributed by atoms with E-state index in [-0.39, 0.29) is 18.5 Å². The molecule has 0 atom stereocenters. The molecule has 2 aromatic carbocycles. The lowest BCUT2D eigenvalue weighted by molar-refractivity contribution is -0.117. The van der Waals surface area contributed by atoms with Crippen molar-refractivity contribution in [1.82, 2.24) is 14.5 Å². The molecule has 1 fully saturated rings. The Balaban J connectivity index is 1.19. The molecule has 0 aliphatic carbocycles. The molecule has 3 aromatic rings. The number of carbonyl (C=O) groups is 1. The van der Waals surface area contributed by atoms with E-state index in [1.54, 1.807) is 18.2 Å². The van der Waals surface area contributed by atoms with E-state index in [2.05, 4.69) is 19.8 Å². The molecule has 5 rings (SSSR count). The Morgan fingerprint density at radius 1 is 1.17 bits per heavy atom. The summed E-state index contributed by atoms with van der Waals surface area (Å²) in [7, 11) is 0. The van der Waals surface area contributed by atoms with Gasteiger partial charge in [0.05, 0.1) is 17.6 Å². The zero-order valence-electron chi connectivity index (χ0n) is 16.7. The molecule has 1 saturated heterocycles. The number of halogens is 1. The molecule has 0 unspecified atom stereocenters. The fourth-order valence-electron chi connectivity index (χ4n) is 4.37. The van der Waals surface area contributed by atoms with Crippen molar-refractivity contribution in [3.8, 4) is 11.5 Å². The third-order valence-electron chi connectivity index (χ3n) is 5.77. The number of imidazole rings is 1. The van der Waals surface area contributed by atoms with E-state index in [1.165, 1.54) is 12.1 Å². The number of aryl methyl sites for hydroxylation is 1. The molecule has 0 bridgehead atoms. The predicted molar refractivity (Wildman–Crippen MR) is 110 cm³/mol. The monoisotopic (exact) mass is 410 g/mol. The average molecular weight is 410 g/mol. The second-order valence-corrected chi connectivity index (χ2v) is 7.79. The molecule has 2 aliphatic rings. The van der Waals surface area contributed by atoms with Crippen LogP contribution in [0.5, 0.6) is 11.5 Å². The van der Waals surface area contributed by atoms with E-state index in [4.69, 9.17) is 9.47 Å². The number of ether oxygens (including phenoxy) is 2. The van der Waals surface area contributed by atoms with Gasteiger partial charge in [0.15, 0.2) is 11.5 Å². The number of carbonyl (C=O) groups excluding carboxylic acids is 1. The first-order valence-corrected chi connectivity index (χ1v) is 10.1. The number of amides is 1. The Bertz CT molecular complexity index is 1110. The van der Waals surface area contributed by atoms with E-state index in [0.717, 1.165) is 37.3 Å². The van der Waals surface area contributed by atoms with Crippen LogP contribution in [0.1, 0.15) is 24.7 Å². The van der Waals surface area contributed by atoms with Crippen molar-refractivity contribution in [3.63, 3.8) is 0 Å². The van der Waals surface area contributed by atoms with Crippen LogP contribution in [0.4, 0.5) is 10.1 Å². The van der Waals surface area contributed by atoms with Crippen molar-refractivity contribution < 1.29 is 18.7 Å². The molecule has 1 amide bonds. The van der Waals surface area contributed by atoms with Crippen molar-refractivity contribution in [2.75, 3.05) is 31.7 Å². The lowest BCUT2D eigenvalue weighted by Crippen LogP contribution is -2.39. The first-order valence-electron chi connectivity index (χ1n) is 10.1. The SMILES string of the molecule is Cc1nc2cc(F)ccc2n1C1CCN(CC(=O)Nc2ccc3c(c2)OCO3)CC1. The van der Waals surface area contributed by atoms with Crippen LogP contribution in [-0.4, -0.2) is 46.8 Å². The summed E-state index contributed by atoms with van der Waals surface area (Å²) in [6.45, 7) is 4.15. The highest BCUT2D eigenvalue weighted by atomic mass is 19.1. The number of rotatable bonds is 4. The number of hydrogen-bond acceptors (Lipinski definition) is 5. The van der Waals surface area contributed by atoms with E-state index >= 15 is 0 Å². The summed E-state index contributed by atoms with van der Waals surface area (Å²) < 4.78 is 26.4. The molecule has 0 radical (unpaired) electrons. The van der Waals surface area contributed by atoms with Crippen LogP contribution < -0.4 is 14.8 Å². The maximum absolute atomic E-state index is 13.5. The number of fused-ring (bicyclic) bond motifs is 2. The molecule has 2 aliphatic heterocycles. The van der Waals surface area contributed by atoms with Gasteiger partial charge >= 0.3 is 0 Å². The van der Waals surface area contributed by atoms with Crippen LogP contribution in [0.3, 0.4) is 0 Å². The van der Waals surface area contributed by atoms with E-state index < -0.39 is 0 Å². The van der Waals surface area contributed by atoms with Gasteiger partial charge in [-0.1, -0.05) is 0 Å². The number of piperidine rings is 1. The van der Waals surface area contributed by atoms with Gasteiger partial charge in [0.2, 0.25) is 12.7 Å². The van der Waals surface area contributed by atoms with Gasteiger partial charge in [-0.3, -0.25) is 9.69 Å². The topological polar surface area (TPSA) is 68.6 Å². The zero-order chi connectivity index (χ0) is 20.7. The van der Waals surface area contributed by atoms with Gasteiger partial charge in [-0.05, 0) is 44.0 Å². The maximum Gasteiger partial charge on any atom is 0.238 e. The summed E-state index contributed by atoms with van der Waals surface area (Å²) in [5.41, 5.74) is 2.36. The van der Waals surface area contributed by atoms with Gasteiger partial charge in [0.25, 0.3) is 0 Å². The summed E-state index contributed by atoms with van der Waals surface area (Å²) in [5.74, 6) is 1.92. The molecule has 1 aromatic heterocycles. The second-order valence-electron chi connectivity index (χ2n) is 7.79. The van der Waals surface area contributed by atoms with E-state index in [9.17, 15) is 9.18 Å². The number of nitrogens with one attached hydrogen (secondary N) is 1. The van der Waals surface area contributed by atoms with Gasteiger partial charge in [-0.2, -0.15) is 0 Å². The first kappa shape index (κ1) is 18.9. The molecule has 0 spiro atoms. The minimum absolute atomic E-state index is 0.0490. The Morgan fingerprint density at radius 2 is 1.97 bits per heavy atom. The smallest absolute Gasteiger partial charge is 0.238 e. The van der Waals surface area contributed by atoms with Crippen LogP contribution in [0.2, 0.25) is 0 Å². The van der Waals surface area contributed by atoms with Crippen LogP contribution in [0.15, 0.2) is 36.4 Å². The van der Waals surface area contributed by atoms with Crippen molar-refractivity contribution in [2.45, 2.75) is 25.8 Å². The molecule has 156 valence electrons. The average Bonchev–Trinajstić information content (AvgIpc) is 3.31. The Morgan fingerprint density at radius 3 is 2.80 bits per heavy atom. The minimum atomic E-state index is -0.268. The summed E-state index contributed by atoms with van der Waals surface area (Å²) in [6, 6.07) is 10.5. The van der Waals surface area contributed by atoms with Crippen LogP contribution in [0.25, 0.3) is 11.0 Å². The van der Waals surface area contributed by atoms with E-state index in [0.29, 0.717) is 35.3 Å². The molecule has 1 N–H and O–H groups in total. The second kappa shape index (κ2) is 7.60.